The number of aromatic nitrogens is 1. The molecular formula is C17H27N3. The van der Waals surface area contributed by atoms with E-state index in [9.17, 15) is 0 Å². The fourth-order valence-corrected chi connectivity index (χ4v) is 2.85. The molecule has 0 unspecified atom stereocenters. The SMILES string of the molecule is CCN(CC1CCC1)c1ccc(CNC2CC2)c(C)n1. The summed E-state index contributed by atoms with van der Waals surface area (Å²) < 4.78 is 0. The van der Waals surface area contributed by atoms with Crippen molar-refractivity contribution in [2.45, 2.75) is 58.5 Å². The van der Waals surface area contributed by atoms with Gasteiger partial charge in [-0.1, -0.05) is 12.5 Å². The summed E-state index contributed by atoms with van der Waals surface area (Å²) >= 11 is 0. The van der Waals surface area contributed by atoms with Crippen LogP contribution in [0.3, 0.4) is 0 Å². The van der Waals surface area contributed by atoms with Crippen LogP contribution in [0.2, 0.25) is 0 Å². The number of aryl methyl sites for hydroxylation is 1. The second-order valence-corrected chi connectivity index (χ2v) is 6.40. The van der Waals surface area contributed by atoms with E-state index in [1.807, 2.05) is 0 Å². The van der Waals surface area contributed by atoms with Crippen LogP contribution in [0.1, 0.15) is 50.3 Å². The molecule has 1 heterocycles. The summed E-state index contributed by atoms with van der Waals surface area (Å²) in [6, 6.07) is 5.23. The molecule has 2 aliphatic rings. The first kappa shape index (κ1) is 13.9. The maximum atomic E-state index is 4.84. The summed E-state index contributed by atoms with van der Waals surface area (Å²) in [6.07, 6.45) is 6.91. The van der Waals surface area contributed by atoms with Crippen molar-refractivity contribution in [2.24, 2.45) is 5.92 Å². The van der Waals surface area contributed by atoms with Gasteiger partial charge in [0.15, 0.2) is 0 Å². The van der Waals surface area contributed by atoms with Crippen molar-refractivity contribution in [2.75, 3.05) is 18.0 Å². The van der Waals surface area contributed by atoms with Crippen molar-refractivity contribution < 1.29 is 0 Å². The number of rotatable bonds is 7. The summed E-state index contributed by atoms with van der Waals surface area (Å²) in [5, 5.41) is 3.57. The largest absolute Gasteiger partial charge is 0.357 e. The fraction of sp³-hybridized carbons (Fsp3) is 0.706. The van der Waals surface area contributed by atoms with Crippen LogP contribution >= 0.6 is 0 Å². The van der Waals surface area contributed by atoms with Gasteiger partial charge in [-0.3, -0.25) is 0 Å². The van der Waals surface area contributed by atoms with Gasteiger partial charge in [-0.2, -0.15) is 0 Å². The minimum atomic E-state index is 0.764. The summed E-state index contributed by atoms with van der Waals surface area (Å²) in [6.45, 7) is 7.59. The third-order valence-corrected chi connectivity index (χ3v) is 4.75. The summed E-state index contributed by atoms with van der Waals surface area (Å²) in [4.78, 5) is 7.28. The van der Waals surface area contributed by atoms with E-state index in [0.717, 1.165) is 30.9 Å². The highest BCUT2D eigenvalue weighted by atomic mass is 15.2. The average Bonchev–Trinajstić information content (AvgIpc) is 3.20. The molecule has 20 heavy (non-hydrogen) atoms. The number of nitrogens with one attached hydrogen (secondary N) is 1. The molecular weight excluding hydrogens is 246 g/mol. The standard InChI is InChI=1S/C17H27N3/c1-3-20(12-14-5-4-6-14)17-10-7-15(13(2)19-17)11-18-16-8-9-16/h7,10,14,16,18H,3-6,8-9,11-12H2,1-2H3. The maximum absolute atomic E-state index is 4.84. The molecule has 3 nitrogen and oxygen atoms in total. The molecule has 0 amide bonds. The predicted molar refractivity (Wildman–Crippen MR) is 84.1 cm³/mol. The Morgan fingerprint density at radius 1 is 1.25 bits per heavy atom. The number of anilines is 1. The van der Waals surface area contributed by atoms with Crippen LogP contribution in [0.5, 0.6) is 0 Å². The van der Waals surface area contributed by atoms with E-state index in [-0.39, 0.29) is 0 Å². The lowest BCUT2D eigenvalue weighted by atomic mass is 9.85. The van der Waals surface area contributed by atoms with Crippen LogP contribution < -0.4 is 10.2 Å². The van der Waals surface area contributed by atoms with E-state index in [1.54, 1.807) is 0 Å². The second-order valence-electron chi connectivity index (χ2n) is 6.40. The Morgan fingerprint density at radius 2 is 2.05 bits per heavy atom. The Labute approximate surface area is 122 Å². The molecule has 2 saturated carbocycles. The van der Waals surface area contributed by atoms with Crippen LogP contribution in [0.25, 0.3) is 0 Å². The topological polar surface area (TPSA) is 28.2 Å². The molecule has 3 rings (SSSR count). The Kier molecular flexibility index (Phi) is 4.25. The molecule has 0 bridgehead atoms. The van der Waals surface area contributed by atoms with Crippen LogP contribution in [-0.4, -0.2) is 24.1 Å². The van der Waals surface area contributed by atoms with Gasteiger partial charge in [0.05, 0.1) is 0 Å². The van der Waals surface area contributed by atoms with Crippen LogP contribution in [0.15, 0.2) is 12.1 Å². The number of nitrogens with zero attached hydrogens (tertiary/aromatic N) is 2. The molecule has 3 heteroatoms. The molecule has 110 valence electrons. The lowest BCUT2D eigenvalue weighted by Crippen LogP contribution is -2.33. The molecule has 0 radical (unpaired) electrons. The van der Waals surface area contributed by atoms with Gasteiger partial charge in [-0.15, -0.1) is 0 Å². The molecule has 2 fully saturated rings. The van der Waals surface area contributed by atoms with Gasteiger partial charge in [0.1, 0.15) is 5.82 Å². The Morgan fingerprint density at radius 3 is 2.60 bits per heavy atom. The zero-order valence-corrected chi connectivity index (χ0v) is 12.9. The first-order valence-electron chi connectivity index (χ1n) is 8.21. The summed E-state index contributed by atoms with van der Waals surface area (Å²) in [5.74, 6) is 2.06. The first-order valence-corrected chi connectivity index (χ1v) is 8.21. The van der Waals surface area contributed by atoms with Crippen molar-refractivity contribution in [1.29, 1.82) is 0 Å². The molecule has 0 atom stereocenters. The van der Waals surface area contributed by atoms with Gasteiger partial charge in [-0.25, -0.2) is 4.98 Å². The van der Waals surface area contributed by atoms with E-state index in [0.29, 0.717) is 0 Å². The summed E-state index contributed by atoms with van der Waals surface area (Å²) in [7, 11) is 0. The van der Waals surface area contributed by atoms with Gasteiger partial charge in [0.2, 0.25) is 0 Å². The van der Waals surface area contributed by atoms with E-state index in [1.165, 1.54) is 49.9 Å². The third kappa shape index (κ3) is 3.32. The highest BCUT2D eigenvalue weighted by Gasteiger charge is 2.22. The van der Waals surface area contributed by atoms with Crippen molar-refractivity contribution in [1.82, 2.24) is 10.3 Å². The third-order valence-electron chi connectivity index (χ3n) is 4.75. The van der Waals surface area contributed by atoms with Crippen molar-refractivity contribution >= 4 is 5.82 Å². The van der Waals surface area contributed by atoms with Gasteiger partial charge >= 0.3 is 0 Å². The minimum absolute atomic E-state index is 0.764. The molecule has 1 N–H and O–H groups in total. The summed E-state index contributed by atoms with van der Waals surface area (Å²) in [5.41, 5.74) is 2.53. The molecule has 0 aromatic carbocycles. The number of hydrogen-bond acceptors (Lipinski definition) is 3. The van der Waals surface area contributed by atoms with Crippen molar-refractivity contribution in [3.63, 3.8) is 0 Å². The zero-order valence-electron chi connectivity index (χ0n) is 12.9. The lowest BCUT2D eigenvalue weighted by molar-refractivity contribution is 0.318. The highest BCUT2D eigenvalue weighted by Crippen LogP contribution is 2.28. The smallest absolute Gasteiger partial charge is 0.128 e. The van der Waals surface area contributed by atoms with Gasteiger partial charge < -0.3 is 10.2 Å². The van der Waals surface area contributed by atoms with Crippen molar-refractivity contribution in [3.8, 4) is 0 Å². The van der Waals surface area contributed by atoms with Gasteiger partial charge in [-0.05, 0) is 57.1 Å². The molecule has 1 aromatic heterocycles. The quantitative estimate of drug-likeness (QED) is 0.826. The monoisotopic (exact) mass is 273 g/mol. The van der Waals surface area contributed by atoms with Crippen molar-refractivity contribution in [3.05, 3.63) is 23.4 Å². The van der Waals surface area contributed by atoms with E-state index in [4.69, 9.17) is 4.98 Å². The lowest BCUT2D eigenvalue weighted by Gasteiger charge is -2.32. The number of hydrogen-bond donors (Lipinski definition) is 1. The van der Waals surface area contributed by atoms with Gasteiger partial charge in [0.25, 0.3) is 0 Å². The molecule has 1 aromatic rings. The molecule has 0 spiro atoms. The van der Waals surface area contributed by atoms with E-state index >= 15 is 0 Å². The van der Waals surface area contributed by atoms with Crippen LogP contribution in [-0.2, 0) is 6.54 Å². The normalized spacial score (nSPS) is 18.9. The fourth-order valence-electron chi connectivity index (χ4n) is 2.85. The molecule has 0 saturated heterocycles. The Bertz CT molecular complexity index is 450. The van der Waals surface area contributed by atoms with E-state index < -0.39 is 0 Å². The molecule has 2 aliphatic carbocycles. The van der Waals surface area contributed by atoms with Crippen LogP contribution in [0.4, 0.5) is 5.82 Å². The average molecular weight is 273 g/mol. The minimum Gasteiger partial charge on any atom is -0.357 e. The highest BCUT2D eigenvalue weighted by molar-refractivity contribution is 5.41. The first-order chi connectivity index (χ1) is 9.76. The van der Waals surface area contributed by atoms with E-state index in [2.05, 4.69) is 36.2 Å². The predicted octanol–water partition coefficient (Wildman–Crippen LogP) is 3.27. The zero-order chi connectivity index (χ0) is 13.9. The maximum Gasteiger partial charge on any atom is 0.128 e. The van der Waals surface area contributed by atoms with Gasteiger partial charge in [0, 0.05) is 31.4 Å². The Hall–Kier alpha value is -1.09. The number of pyridine rings is 1. The van der Waals surface area contributed by atoms with Crippen LogP contribution in [0, 0.1) is 12.8 Å². The second kappa shape index (κ2) is 6.13. The Balaban J connectivity index is 1.63. The molecule has 0 aliphatic heterocycles.